The summed E-state index contributed by atoms with van der Waals surface area (Å²) < 4.78 is 80.2. The summed E-state index contributed by atoms with van der Waals surface area (Å²) in [6.07, 6.45) is 0. The van der Waals surface area contributed by atoms with Crippen molar-refractivity contribution in [1.82, 2.24) is 0 Å². The van der Waals surface area contributed by atoms with Crippen LogP contribution in [0.15, 0.2) is 0 Å². The molecule has 0 spiro atoms. The molecule has 6 N–H and O–H groups in total. The Morgan fingerprint density at radius 2 is 0.761 bits per heavy atom. The first-order chi connectivity index (χ1) is 22.1. The van der Waals surface area contributed by atoms with Gasteiger partial charge >= 0.3 is 36.2 Å². The minimum absolute atomic E-state index is 0.0521. The number of methoxy groups -OCH3 is 1. The molecule has 0 rings (SSSR count). The lowest BCUT2D eigenvalue weighted by molar-refractivity contribution is -0.372. The Hall–Kier alpha value is -0.292. The van der Waals surface area contributed by atoms with E-state index in [2.05, 4.69) is 0 Å². The van der Waals surface area contributed by atoms with Crippen molar-refractivity contribution in [3.63, 3.8) is 0 Å². The van der Waals surface area contributed by atoms with E-state index >= 15 is 0 Å². The van der Waals surface area contributed by atoms with Gasteiger partial charge < -0.3 is 89.2 Å². The van der Waals surface area contributed by atoms with Crippen LogP contribution in [0, 0.1) is 0 Å². The van der Waals surface area contributed by atoms with E-state index in [9.17, 15) is 0 Å². The van der Waals surface area contributed by atoms with Crippen LogP contribution in [0.3, 0.4) is 0 Å². The molecule has 0 aromatic heterocycles. The van der Waals surface area contributed by atoms with Crippen molar-refractivity contribution >= 4 is 36.2 Å². The molecule has 0 bridgehead atoms. The summed E-state index contributed by atoms with van der Waals surface area (Å²) in [6.45, 7) is 0.851. The van der Waals surface area contributed by atoms with Gasteiger partial charge in [-0.3, -0.25) is 8.92 Å². The predicted octanol–water partition coefficient (Wildman–Crippen LogP) is -5.19. The monoisotopic (exact) mass is 753 g/mol. The second kappa shape index (κ2) is 39.1. The molecular formula is C21H53O21Si4-. The van der Waals surface area contributed by atoms with E-state index in [1.165, 1.54) is 21.3 Å². The first-order valence-electron chi connectivity index (χ1n) is 13.6. The Balaban J connectivity index is -0.000000324. The molecule has 25 heteroatoms. The molecule has 0 aromatic rings. The summed E-state index contributed by atoms with van der Waals surface area (Å²) >= 11 is 0. The second-order valence-corrected chi connectivity index (χ2v) is 14.8. The summed E-state index contributed by atoms with van der Waals surface area (Å²) in [5.74, 6) is 0. The molecule has 0 aliphatic rings. The van der Waals surface area contributed by atoms with Crippen molar-refractivity contribution in [3.05, 3.63) is 0 Å². The number of aliphatic hydroxyl groups is 6. The van der Waals surface area contributed by atoms with Crippen molar-refractivity contribution in [2.45, 2.75) is 6.55 Å². The van der Waals surface area contributed by atoms with Gasteiger partial charge in [0.15, 0.2) is 0 Å². The van der Waals surface area contributed by atoms with Crippen LogP contribution in [0.4, 0.5) is 0 Å². The maximum absolute atomic E-state index is 9.05. The average molecular weight is 754 g/mol. The Morgan fingerprint density at radius 3 is 1.02 bits per heavy atom. The van der Waals surface area contributed by atoms with Gasteiger partial charge in [0.05, 0.1) is 92.5 Å². The summed E-state index contributed by atoms with van der Waals surface area (Å²) in [4.78, 5) is 0. The average Bonchev–Trinajstić information content (AvgIpc) is 3.08. The first kappa shape index (κ1) is 52.5. The number of rotatable bonds is 28. The molecule has 1 unspecified atom stereocenters. The van der Waals surface area contributed by atoms with Crippen molar-refractivity contribution in [1.29, 1.82) is 0 Å². The second-order valence-electron chi connectivity index (χ2n) is 7.38. The van der Waals surface area contributed by atoms with Crippen molar-refractivity contribution in [2.24, 2.45) is 0 Å². The summed E-state index contributed by atoms with van der Waals surface area (Å²) in [5.41, 5.74) is 0. The summed E-state index contributed by atoms with van der Waals surface area (Å²) in [7, 11) is -4.82. The zero-order valence-electron chi connectivity index (χ0n) is 27.1. The van der Waals surface area contributed by atoms with Crippen molar-refractivity contribution in [3.8, 4) is 0 Å². The molecule has 0 aromatic carbocycles. The topological polar surface area (TPSA) is 289 Å². The first-order valence-corrected chi connectivity index (χ1v) is 19.9. The van der Waals surface area contributed by atoms with Crippen LogP contribution in [-0.2, 0) is 62.3 Å². The van der Waals surface area contributed by atoms with E-state index in [1.807, 2.05) is 0 Å². The Bertz CT molecular complexity index is 597. The highest BCUT2D eigenvalue weighted by Crippen LogP contribution is 2.13. The standard InChI is InChI=1S/C11H28O9Si2.C8H20O8Si.C2H5O2.O2Si/c1-13-8-9-19-22(16-4,18-7-6-12)20-11-10-17-21(5,14-2)15-3;9-1-5-13-17(14-6-2-10,15-7-3-11)16-8-4-12;3-1-2-4;1-3-2/h12H,6-11H2,1-5H3;9-12H,1-8H2;3H,1-2H2;/q;;-1;. The van der Waals surface area contributed by atoms with Crippen LogP contribution in [-0.4, -0.2) is 201 Å². The molecule has 21 nitrogen and oxygen atoms in total. The fraction of sp³-hybridized carbons (Fsp3) is 1.00. The molecule has 0 fully saturated rings. The van der Waals surface area contributed by atoms with Crippen LogP contribution >= 0.6 is 0 Å². The zero-order valence-corrected chi connectivity index (χ0v) is 31.1. The third-order valence-corrected chi connectivity index (χ3v) is 10.8. The smallest absolute Gasteiger partial charge is 0.680 e. The molecule has 280 valence electrons. The molecule has 0 aliphatic carbocycles. The van der Waals surface area contributed by atoms with E-state index < -0.39 is 36.2 Å². The minimum atomic E-state index is -3.52. The lowest BCUT2D eigenvalue weighted by Gasteiger charge is -2.27. The molecular weight excluding hydrogens is 701 g/mol. The van der Waals surface area contributed by atoms with Crippen molar-refractivity contribution < 1.29 is 98.1 Å². The normalized spacial score (nSPS) is 12.4. The maximum atomic E-state index is 9.05. The molecule has 0 saturated heterocycles. The minimum Gasteiger partial charge on any atom is -0.853 e. The highest BCUT2D eigenvalue weighted by Gasteiger charge is 2.46. The van der Waals surface area contributed by atoms with Gasteiger partial charge in [-0.15, -0.1) is 6.61 Å². The Morgan fingerprint density at radius 1 is 0.478 bits per heavy atom. The molecule has 0 saturated carbocycles. The predicted molar refractivity (Wildman–Crippen MR) is 158 cm³/mol. The largest absolute Gasteiger partial charge is 0.853 e. The summed E-state index contributed by atoms with van der Waals surface area (Å²) in [6, 6.07) is 0. The highest BCUT2D eigenvalue weighted by atomic mass is 28.4. The number of aliphatic hydroxyl groups excluding tert-OH is 6. The SMILES string of the molecule is COCCO[Si](OC)(OCCO)OCCO[Si](C)(OC)OC.O=[Si]=O.OCCO[Si](OCCO)(OCCO)OCCO.[O-]CCO. The number of hydrogen-bond acceptors (Lipinski definition) is 21. The van der Waals surface area contributed by atoms with E-state index in [-0.39, 0.29) is 99.1 Å². The Labute approximate surface area is 275 Å². The van der Waals surface area contributed by atoms with E-state index in [4.69, 9.17) is 98.1 Å². The van der Waals surface area contributed by atoms with E-state index in [0.29, 0.717) is 6.61 Å². The molecule has 0 heterocycles. The molecule has 46 heavy (non-hydrogen) atoms. The molecule has 0 radical (unpaired) electrons. The lowest BCUT2D eigenvalue weighted by Crippen LogP contribution is -2.51. The van der Waals surface area contributed by atoms with Gasteiger partial charge in [-0.1, -0.05) is 0 Å². The number of hydrogen-bond donors (Lipinski definition) is 6. The van der Waals surface area contributed by atoms with Gasteiger partial charge in [-0.05, 0) is 0 Å². The van der Waals surface area contributed by atoms with Gasteiger partial charge in [0.2, 0.25) is 0 Å². The summed E-state index contributed by atoms with van der Waals surface area (Å²) in [5, 5.41) is 60.3. The molecule has 0 aliphatic heterocycles. The molecule has 0 amide bonds. The molecule has 1 atom stereocenters. The highest BCUT2D eigenvalue weighted by molar-refractivity contribution is 6.59. The lowest BCUT2D eigenvalue weighted by atomic mass is 10.8. The van der Waals surface area contributed by atoms with Crippen molar-refractivity contribution in [2.75, 3.05) is 134 Å². The third-order valence-electron chi connectivity index (χ3n) is 4.23. The van der Waals surface area contributed by atoms with Gasteiger partial charge in [0.1, 0.15) is 0 Å². The van der Waals surface area contributed by atoms with Crippen LogP contribution in [0.25, 0.3) is 0 Å². The zero-order chi connectivity index (χ0) is 36.0. The van der Waals surface area contributed by atoms with Gasteiger partial charge in [-0.25, -0.2) is 0 Å². The van der Waals surface area contributed by atoms with E-state index in [1.54, 1.807) is 13.7 Å². The van der Waals surface area contributed by atoms with Gasteiger partial charge in [0, 0.05) is 41.6 Å². The fourth-order valence-corrected chi connectivity index (χ4v) is 6.58. The number of ether oxygens (including phenoxy) is 1. The fourth-order valence-electron chi connectivity index (χ4n) is 2.25. The van der Waals surface area contributed by atoms with E-state index in [0.717, 1.165) is 0 Å². The van der Waals surface area contributed by atoms with Crippen LogP contribution in [0.1, 0.15) is 0 Å². The van der Waals surface area contributed by atoms with Gasteiger partial charge in [-0.2, -0.15) is 0 Å². The van der Waals surface area contributed by atoms with Crippen LogP contribution in [0.5, 0.6) is 0 Å². The van der Waals surface area contributed by atoms with Crippen LogP contribution < -0.4 is 5.11 Å². The quantitative estimate of drug-likeness (QED) is 0.0321. The van der Waals surface area contributed by atoms with Crippen LogP contribution in [0.2, 0.25) is 6.55 Å². The third kappa shape index (κ3) is 32.3. The van der Waals surface area contributed by atoms with Gasteiger partial charge in [0.25, 0.3) is 0 Å². The Kier molecular flexibility index (Phi) is 44.7. The maximum Gasteiger partial charge on any atom is 0.680 e.